The number of rotatable bonds is 5. The lowest BCUT2D eigenvalue weighted by atomic mass is 10.3. The number of ether oxygens (including phenoxy) is 1. The van der Waals surface area contributed by atoms with E-state index >= 15 is 0 Å². The van der Waals surface area contributed by atoms with Gasteiger partial charge in [-0.3, -0.25) is 4.79 Å². The van der Waals surface area contributed by atoms with Gasteiger partial charge in [-0.25, -0.2) is 4.79 Å². The summed E-state index contributed by atoms with van der Waals surface area (Å²) in [7, 11) is 0. The molecule has 70 valence electrons. The first-order chi connectivity index (χ1) is 5.59. The molecule has 4 heteroatoms. The number of unbranched alkanes of at least 4 members (excludes halogenated alkanes) is 1. The fraction of sp³-hybridized carbons (Fsp3) is 0.750. The maximum absolute atomic E-state index is 10.7. The first-order valence-corrected chi connectivity index (χ1v) is 3.98. The lowest BCUT2D eigenvalue weighted by molar-refractivity contribution is -0.157. The van der Waals surface area contributed by atoms with Crippen LogP contribution in [-0.4, -0.2) is 29.6 Å². The fourth-order valence-corrected chi connectivity index (χ4v) is 0.551. The molecule has 0 saturated heterocycles. The molecule has 0 heterocycles. The van der Waals surface area contributed by atoms with Crippen molar-refractivity contribution in [1.82, 2.24) is 0 Å². The van der Waals surface area contributed by atoms with E-state index in [-0.39, 0.29) is 6.61 Å². The van der Waals surface area contributed by atoms with Gasteiger partial charge in [0.2, 0.25) is 0 Å². The Balaban J connectivity index is 3.65. The van der Waals surface area contributed by atoms with Crippen LogP contribution >= 0.6 is 0 Å². The van der Waals surface area contributed by atoms with E-state index in [2.05, 4.69) is 4.74 Å². The van der Waals surface area contributed by atoms with Crippen LogP contribution in [0.25, 0.3) is 0 Å². The van der Waals surface area contributed by atoms with Crippen molar-refractivity contribution in [2.45, 2.75) is 32.8 Å². The van der Waals surface area contributed by atoms with Crippen molar-refractivity contribution >= 4 is 11.8 Å². The molecule has 4 nitrogen and oxygen atoms in total. The summed E-state index contributed by atoms with van der Waals surface area (Å²) in [6.07, 6.45) is 0.369. The molecule has 0 amide bonds. The van der Waals surface area contributed by atoms with Crippen molar-refractivity contribution in [3.8, 4) is 0 Å². The van der Waals surface area contributed by atoms with Crippen LogP contribution in [0.15, 0.2) is 0 Å². The molecule has 0 radical (unpaired) electrons. The predicted octanol–water partition coefficient (Wildman–Crippen LogP) is 0.280. The first kappa shape index (κ1) is 11.1. The number of carbonyl (C=O) groups is 2. The van der Waals surface area contributed by atoms with Crippen molar-refractivity contribution in [3.05, 3.63) is 0 Å². The van der Waals surface area contributed by atoms with E-state index in [1.54, 1.807) is 0 Å². The quantitative estimate of drug-likeness (QED) is 0.369. The Kier molecular flexibility index (Phi) is 5.28. The van der Waals surface area contributed by atoms with Gasteiger partial charge in [-0.2, -0.15) is 0 Å². The Hall–Kier alpha value is -0.900. The second-order valence-electron chi connectivity index (χ2n) is 2.53. The van der Waals surface area contributed by atoms with Crippen LogP contribution in [0.2, 0.25) is 0 Å². The molecule has 0 rings (SSSR count). The molecule has 0 aromatic carbocycles. The molecular formula is C8H14O4. The number of hydrogen-bond acceptors (Lipinski definition) is 4. The third-order valence-electron chi connectivity index (χ3n) is 1.31. The van der Waals surface area contributed by atoms with Crippen LogP contribution in [0, 0.1) is 0 Å². The normalized spacial score (nSPS) is 12.2. The molecule has 1 atom stereocenters. The minimum absolute atomic E-state index is 0.244. The van der Waals surface area contributed by atoms with E-state index in [0.29, 0.717) is 0 Å². The van der Waals surface area contributed by atoms with Crippen molar-refractivity contribution in [1.29, 1.82) is 0 Å². The van der Waals surface area contributed by atoms with Crippen LogP contribution in [0.1, 0.15) is 26.7 Å². The van der Waals surface area contributed by atoms with Crippen molar-refractivity contribution < 1.29 is 19.4 Å². The average Bonchev–Trinajstić information content (AvgIpc) is 2.03. The van der Waals surface area contributed by atoms with Crippen LogP contribution in [-0.2, 0) is 14.3 Å². The Morgan fingerprint density at radius 1 is 1.50 bits per heavy atom. The van der Waals surface area contributed by atoms with E-state index in [4.69, 9.17) is 5.11 Å². The molecule has 0 aromatic rings. The molecule has 12 heavy (non-hydrogen) atoms. The van der Waals surface area contributed by atoms with E-state index in [0.717, 1.165) is 12.8 Å². The second-order valence-corrected chi connectivity index (χ2v) is 2.53. The molecule has 0 aromatic heterocycles. The SMILES string of the molecule is CCCCOC(=O)C(=O)C(C)O. The van der Waals surface area contributed by atoms with Gasteiger partial charge < -0.3 is 9.84 Å². The summed E-state index contributed by atoms with van der Waals surface area (Å²) >= 11 is 0. The first-order valence-electron chi connectivity index (χ1n) is 3.98. The highest BCUT2D eigenvalue weighted by Gasteiger charge is 2.19. The van der Waals surface area contributed by atoms with E-state index in [1.807, 2.05) is 6.92 Å². The second kappa shape index (κ2) is 5.71. The third kappa shape index (κ3) is 4.08. The summed E-state index contributed by atoms with van der Waals surface area (Å²) in [5, 5.41) is 8.70. The summed E-state index contributed by atoms with van der Waals surface area (Å²) in [6, 6.07) is 0. The molecule has 0 aliphatic carbocycles. The third-order valence-corrected chi connectivity index (χ3v) is 1.31. The molecule has 1 unspecified atom stereocenters. The van der Waals surface area contributed by atoms with Gasteiger partial charge in [0.1, 0.15) is 6.10 Å². The molecule has 0 bridgehead atoms. The van der Waals surface area contributed by atoms with Gasteiger partial charge in [-0.05, 0) is 13.3 Å². The number of hydrogen-bond donors (Lipinski definition) is 1. The van der Waals surface area contributed by atoms with Gasteiger partial charge in [-0.1, -0.05) is 13.3 Å². The zero-order valence-electron chi connectivity index (χ0n) is 7.37. The van der Waals surface area contributed by atoms with Crippen LogP contribution < -0.4 is 0 Å². The Bertz CT molecular complexity index is 162. The maximum atomic E-state index is 10.7. The van der Waals surface area contributed by atoms with Crippen LogP contribution in [0.4, 0.5) is 0 Å². The predicted molar refractivity (Wildman–Crippen MR) is 42.6 cm³/mol. The summed E-state index contributed by atoms with van der Waals surface area (Å²) < 4.78 is 4.56. The molecule has 0 aliphatic rings. The van der Waals surface area contributed by atoms with Gasteiger partial charge in [0, 0.05) is 0 Å². The number of ketones is 1. The Morgan fingerprint density at radius 3 is 2.50 bits per heavy atom. The Morgan fingerprint density at radius 2 is 2.08 bits per heavy atom. The topological polar surface area (TPSA) is 63.6 Å². The zero-order chi connectivity index (χ0) is 9.56. The number of carbonyl (C=O) groups excluding carboxylic acids is 2. The zero-order valence-corrected chi connectivity index (χ0v) is 7.37. The van der Waals surface area contributed by atoms with Crippen molar-refractivity contribution in [2.75, 3.05) is 6.61 Å². The largest absolute Gasteiger partial charge is 0.460 e. The van der Waals surface area contributed by atoms with Gasteiger partial charge in [-0.15, -0.1) is 0 Å². The summed E-state index contributed by atoms with van der Waals surface area (Å²) in [4.78, 5) is 21.4. The van der Waals surface area contributed by atoms with Crippen LogP contribution in [0.3, 0.4) is 0 Å². The van der Waals surface area contributed by atoms with Crippen molar-refractivity contribution in [2.24, 2.45) is 0 Å². The highest BCUT2D eigenvalue weighted by Crippen LogP contribution is 1.92. The lowest BCUT2D eigenvalue weighted by Gasteiger charge is -2.03. The van der Waals surface area contributed by atoms with E-state index in [1.165, 1.54) is 6.92 Å². The van der Waals surface area contributed by atoms with E-state index < -0.39 is 17.9 Å². The van der Waals surface area contributed by atoms with Crippen molar-refractivity contribution in [3.63, 3.8) is 0 Å². The minimum atomic E-state index is -1.26. The molecule has 1 N–H and O–H groups in total. The lowest BCUT2D eigenvalue weighted by Crippen LogP contribution is -2.27. The summed E-state index contributed by atoms with van der Waals surface area (Å²) in [6.45, 7) is 3.43. The molecule has 0 fully saturated rings. The number of aliphatic hydroxyl groups excluding tert-OH is 1. The fourth-order valence-electron chi connectivity index (χ4n) is 0.551. The number of aliphatic hydroxyl groups is 1. The van der Waals surface area contributed by atoms with Gasteiger partial charge in [0.05, 0.1) is 6.61 Å². The molecule has 0 aliphatic heterocycles. The maximum Gasteiger partial charge on any atom is 0.377 e. The minimum Gasteiger partial charge on any atom is -0.460 e. The van der Waals surface area contributed by atoms with Gasteiger partial charge >= 0.3 is 5.97 Å². The van der Waals surface area contributed by atoms with Gasteiger partial charge in [0.15, 0.2) is 0 Å². The molecular weight excluding hydrogens is 160 g/mol. The number of esters is 1. The smallest absolute Gasteiger partial charge is 0.377 e. The molecule has 0 spiro atoms. The Labute approximate surface area is 71.5 Å². The standard InChI is InChI=1S/C8H14O4/c1-3-4-5-12-8(11)7(10)6(2)9/h6,9H,3-5H2,1-2H3. The highest BCUT2D eigenvalue weighted by molar-refractivity contribution is 6.35. The summed E-state index contributed by atoms with van der Waals surface area (Å²) in [5.74, 6) is -1.83. The molecule has 0 saturated carbocycles. The average molecular weight is 174 g/mol. The highest BCUT2D eigenvalue weighted by atomic mass is 16.5. The van der Waals surface area contributed by atoms with Gasteiger partial charge in [0.25, 0.3) is 5.78 Å². The van der Waals surface area contributed by atoms with E-state index in [9.17, 15) is 9.59 Å². The monoisotopic (exact) mass is 174 g/mol. The summed E-state index contributed by atoms with van der Waals surface area (Å²) in [5.41, 5.74) is 0. The van der Waals surface area contributed by atoms with Crippen LogP contribution in [0.5, 0.6) is 0 Å². The number of Topliss-reactive ketones (excluding diaryl/α,β-unsaturated/α-hetero) is 1.